The lowest BCUT2D eigenvalue weighted by atomic mass is 10.2. The summed E-state index contributed by atoms with van der Waals surface area (Å²) in [5, 5.41) is 3.07. The van der Waals surface area contributed by atoms with Gasteiger partial charge in [-0.15, -0.1) is 0 Å². The van der Waals surface area contributed by atoms with Gasteiger partial charge in [0.05, 0.1) is 5.69 Å². The van der Waals surface area contributed by atoms with Crippen molar-refractivity contribution in [2.75, 3.05) is 25.5 Å². The second kappa shape index (κ2) is 4.62. The molecule has 1 fully saturated rings. The summed E-state index contributed by atoms with van der Waals surface area (Å²) < 4.78 is 0. The summed E-state index contributed by atoms with van der Waals surface area (Å²) in [6.45, 7) is 5.73. The summed E-state index contributed by atoms with van der Waals surface area (Å²) in [5.74, 6) is 1.80. The highest BCUT2D eigenvalue weighted by Crippen LogP contribution is 2.17. The van der Waals surface area contributed by atoms with E-state index in [2.05, 4.69) is 34.3 Å². The van der Waals surface area contributed by atoms with Crippen LogP contribution in [0.15, 0.2) is 18.2 Å². The van der Waals surface area contributed by atoms with Crippen molar-refractivity contribution in [3.8, 4) is 0 Å². The molecule has 2 heterocycles. The first kappa shape index (κ1) is 10.4. The number of anilines is 1. The van der Waals surface area contributed by atoms with E-state index in [4.69, 9.17) is 0 Å². The van der Waals surface area contributed by atoms with Crippen molar-refractivity contribution in [2.45, 2.75) is 19.9 Å². The molecule has 0 radical (unpaired) electrons. The zero-order valence-corrected chi connectivity index (χ0v) is 9.53. The Hall–Kier alpha value is -1.09. The van der Waals surface area contributed by atoms with Crippen LogP contribution in [0, 0.1) is 5.92 Å². The van der Waals surface area contributed by atoms with Crippen LogP contribution in [0.4, 0.5) is 5.82 Å². The molecule has 0 bridgehead atoms. The normalized spacial score (nSPS) is 21.9. The van der Waals surface area contributed by atoms with Gasteiger partial charge in [0.25, 0.3) is 0 Å². The van der Waals surface area contributed by atoms with E-state index in [9.17, 15) is 0 Å². The molecule has 1 aromatic rings. The molecular formula is C12H19N3. The minimum atomic E-state index is 0.845. The van der Waals surface area contributed by atoms with Gasteiger partial charge in [-0.25, -0.2) is 4.98 Å². The fraction of sp³-hybridized carbons (Fsp3) is 0.583. The zero-order chi connectivity index (χ0) is 10.7. The number of nitrogens with zero attached hydrogens (tertiary/aromatic N) is 2. The third-order valence-corrected chi connectivity index (χ3v) is 2.96. The fourth-order valence-corrected chi connectivity index (χ4v) is 2.11. The maximum atomic E-state index is 4.53. The lowest BCUT2D eigenvalue weighted by Gasteiger charge is -2.14. The largest absolute Gasteiger partial charge is 0.373 e. The van der Waals surface area contributed by atoms with Crippen molar-refractivity contribution >= 4 is 5.82 Å². The Morgan fingerprint density at radius 1 is 1.53 bits per heavy atom. The maximum Gasteiger partial charge on any atom is 0.126 e. The Morgan fingerprint density at radius 3 is 3.07 bits per heavy atom. The third kappa shape index (κ3) is 2.69. The monoisotopic (exact) mass is 205 g/mol. The Kier molecular flexibility index (Phi) is 3.21. The van der Waals surface area contributed by atoms with Crippen LogP contribution >= 0.6 is 0 Å². The van der Waals surface area contributed by atoms with Gasteiger partial charge in [0.15, 0.2) is 0 Å². The van der Waals surface area contributed by atoms with Gasteiger partial charge in [-0.05, 0) is 31.0 Å². The van der Waals surface area contributed by atoms with Gasteiger partial charge in [-0.2, -0.15) is 0 Å². The van der Waals surface area contributed by atoms with E-state index in [-0.39, 0.29) is 0 Å². The van der Waals surface area contributed by atoms with E-state index in [0.717, 1.165) is 24.0 Å². The first-order chi connectivity index (χ1) is 7.28. The number of aromatic nitrogens is 1. The summed E-state index contributed by atoms with van der Waals surface area (Å²) >= 11 is 0. The van der Waals surface area contributed by atoms with Gasteiger partial charge < -0.3 is 5.32 Å². The van der Waals surface area contributed by atoms with Crippen LogP contribution in [0.1, 0.15) is 19.0 Å². The Balaban J connectivity index is 1.98. The first-order valence-electron chi connectivity index (χ1n) is 5.64. The van der Waals surface area contributed by atoms with Gasteiger partial charge in [-0.3, -0.25) is 4.90 Å². The van der Waals surface area contributed by atoms with Crippen molar-refractivity contribution < 1.29 is 0 Å². The van der Waals surface area contributed by atoms with E-state index in [1.165, 1.54) is 19.5 Å². The molecule has 0 spiro atoms. The van der Waals surface area contributed by atoms with Gasteiger partial charge in [0.2, 0.25) is 0 Å². The summed E-state index contributed by atoms with van der Waals surface area (Å²) in [6, 6.07) is 6.16. The molecule has 0 saturated carbocycles. The smallest absolute Gasteiger partial charge is 0.126 e. The van der Waals surface area contributed by atoms with Gasteiger partial charge in [0, 0.05) is 20.1 Å². The molecule has 2 rings (SSSR count). The van der Waals surface area contributed by atoms with E-state index < -0.39 is 0 Å². The predicted octanol–water partition coefficient (Wildman–Crippen LogP) is 1.97. The second-order valence-corrected chi connectivity index (χ2v) is 4.39. The molecule has 1 N–H and O–H groups in total. The van der Waals surface area contributed by atoms with Crippen LogP contribution in [0.5, 0.6) is 0 Å². The quantitative estimate of drug-likeness (QED) is 0.817. The molecular weight excluding hydrogens is 186 g/mol. The van der Waals surface area contributed by atoms with Crippen LogP contribution in [0.25, 0.3) is 0 Å². The van der Waals surface area contributed by atoms with Crippen LogP contribution in [0.2, 0.25) is 0 Å². The maximum absolute atomic E-state index is 4.53. The van der Waals surface area contributed by atoms with Crippen LogP contribution in [0.3, 0.4) is 0 Å². The van der Waals surface area contributed by atoms with Crippen LogP contribution in [-0.4, -0.2) is 30.0 Å². The van der Waals surface area contributed by atoms with Gasteiger partial charge in [0.1, 0.15) is 5.82 Å². The fourth-order valence-electron chi connectivity index (χ4n) is 2.11. The summed E-state index contributed by atoms with van der Waals surface area (Å²) in [6.07, 6.45) is 1.33. The van der Waals surface area contributed by atoms with Crippen LogP contribution in [-0.2, 0) is 6.54 Å². The molecule has 0 amide bonds. The number of hydrogen-bond donors (Lipinski definition) is 1. The zero-order valence-electron chi connectivity index (χ0n) is 9.53. The molecule has 1 aromatic heterocycles. The van der Waals surface area contributed by atoms with Crippen molar-refractivity contribution in [1.29, 1.82) is 0 Å². The van der Waals surface area contributed by atoms with E-state index >= 15 is 0 Å². The van der Waals surface area contributed by atoms with Gasteiger partial charge in [-0.1, -0.05) is 13.0 Å². The highest BCUT2D eigenvalue weighted by molar-refractivity contribution is 5.34. The number of pyridine rings is 1. The molecule has 0 aromatic carbocycles. The molecule has 15 heavy (non-hydrogen) atoms. The summed E-state index contributed by atoms with van der Waals surface area (Å²) in [7, 11) is 1.91. The molecule has 1 atom stereocenters. The molecule has 1 saturated heterocycles. The van der Waals surface area contributed by atoms with E-state index in [0.29, 0.717) is 0 Å². The van der Waals surface area contributed by atoms with Crippen LogP contribution < -0.4 is 5.32 Å². The SMILES string of the molecule is CNc1cccc(CN2CCC(C)C2)n1. The highest BCUT2D eigenvalue weighted by atomic mass is 15.2. The van der Waals surface area contributed by atoms with Crippen molar-refractivity contribution in [1.82, 2.24) is 9.88 Å². The number of rotatable bonds is 3. The standard InChI is InChI=1S/C12H19N3/c1-10-6-7-15(8-10)9-11-4-3-5-12(13-2)14-11/h3-5,10H,6-9H2,1-2H3,(H,13,14). The second-order valence-electron chi connectivity index (χ2n) is 4.39. The number of nitrogens with one attached hydrogen (secondary N) is 1. The predicted molar refractivity (Wildman–Crippen MR) is 62.8 cm³/mol. The van der Waals surface area contributed by atoms with Gasteiger partial charge >= 0.3 is 0 Å². The average molecular weight is 205 g/mol. The minimum absolute atomic E-state index is 0.845. The van der Waals surface area contributed by atoms with E-state index in [1.54, 1.807) is 0 Å². The lowest BCUT2D eigenvalue weighted by Crippen LogP contribution is -2.20. The molecule has 1 aliphatic rings. The molecule has 1 aliphatic heterocycles. The Labute approximate surface area is 91.5 Å². The first-order valence-corrected chi connectivity index (χ1v) is 5.64. The Morgan fingerprint density at radius 2 is 2.40 bits per heavy atom. The lowest BCUT2D eigenvalue weighted by molar-refractivity contribution is 0.316. The molecule has 3 heteroatoms. The molecule has 82 valence electrons. The summed E-state index contributed by atoms with van der Waals surface area (Å²) in [5.41, 5.74) is 1.16. The molecule has 0 aliphatic carbocycles. The third-order valence-electron chi connectivity index (χ3n) is 2.96. The number of likely N-dealkylation sites (tertiary alicyclic amines) is 1. The average Bonchev–Trinajstić information content (AvgIpc) is 2.64. The highest BCUT2D eigenvalue weighted by Gasteiger charge is 2.18. The van der Waals surface area contributed by atoms with E-state index in [1.807, 2.05) is 13.1 Å². The number of hydrogen-bond acceptors (Lipinski definition) is 3. The van der Waals surface area contributed by atoms with Crippen molar-refractivity contribution in [3.63, 3.8) is 0 Å². The molecule has 1 unspecified atom stereocenters. The Bertz CT molecular complexity index is 324. The minimum Gasteiger partial charge on any atom is -0.373 e. The summed E-state index contributed by atoms with van der Waals surface area (Å²) in [4.78, 5) is 7.01. The van der Waals surface area contributed by atoms with Crippen molar-refractivity contribution in [3.05, 3.63) is 23.9 Å². The van der Waals surface area contributed by atoms with Crippen molar-refractivity contribution in [2.24, 2.45) is 5.92 Å². The topological polar surface area (TPSA) is 28.2 Å². The molecule has 3 nitrogen and oxygen atoms in total.